The summed E-state index contributed by atoms with van der Waals surface area (Å²) in [6.45, 7) is 3.92. The molecule has 0 aliphatic heterocycles. The van der Waals surface area contributed by atoms with Gasteiger partial charge in [-0.2, -0.15) is 5.10 Å². The van der Waals surface area contributed by atoms with Crippen molar-refractivity contribution in [2.75, 3.05) is 13.1 Å². The van der Waals surface area contributed by atoms with Crippen molar-refractivity contribution < 1.29 is 4.42 Å². The second kappa shape index (κ2) is 5.46. The normalized spacial score (nSPS) is 11.3. The maximum absolute atomic E-state index is 5.81. The minimum Gasteiger partial charge on any atom is -0.439 e. The van der Waals surface area contributed by atoms with Gasteiger partial charge in [0.1, 0.15) is 5.69 Å². The third-order valence-corrected chi connectivity index (χ3v) is 3.31. The van der Waals surface area contributed by atoms with Gasteiger partial charge in [0, 0.05) is 25.4 Å². The highest BCUT2D eigenvalue weighted by atomic mass is 16.4. The van der Waals surface area contributed by atoms with E-state index >= 15 is 0 Å². The van der Waals surface area contributed by atoms with Gasteiger partial charge >= 0.3 is 0 Å². The molecular weight excluding hydrogens is 252 g/mol. The van der Waals surface area contributed by atoms with Crippen molar-refractivity contribution in [2.45, 2.75) is 13.3 Å². The van der Waals surface area contributed by atoms with E-state index in [9.17, 15) is 0 Å². The number of rotatable bonds is 5. The van der Waals surface area contributed by atoms with E-state index in [1.165, 1.54) is 0 Å². The van der Waals surface area contributed by atoms with Crippen molar-refractivity contribution in [3.63, 3.8) is 0 Å². The predicted octanol–water partition coefficient (Wildman–Crippen LogP) is 2.38. The lowest BCUT2D eigenvalue weighted by atomic mass is 10.2. The summed E-state index contributed by atoms with van der Waals surface area (Å²) in [7, 11) is 1.94. The number of hydrogen-bond acceptors (Lipinski definition) is 4. The maximum atomic E-state index is 5.81. The van der Waals surface area contributed by atoms with Gasteiger partial charge in [-0.15, -0.1) is 0 Å². The summed E-state index contributed by atoms with van der Waals surface area (Å²) in [5.74, 6) is 1.48. The molecule has 0 fully saturated rings. The third kappa shape index (κ3) is 2.32. The molecule has 5 heteroatoms. The largest absolute Gasteiger partial charge is 0.439 e. The molecule has 0 atom stereocenters. The summed E-state index contributed by atoms with van der Waals surface area (Å²) < 4.78 is 7.68. The van der Waals surface area contributed by atoms with E-state index in [4.69, 9.17) is 4.42 Å². The van der Waals surface area contributed by atoms with Crippen LogP contribution in [0, 0.1) is 0 Å². The third-order valence-electron chi connectivity index (χ3n) is 3.31. The van der Waals surface area contributed by atoms with Crippen molar-refractivity contribution in [1.29, 1.82) is 0 Å². The zero-order chi connectivity index (χ0) is 13.9. The molecular formula is C15H18N4O. The number of nitrogens with zero attached hydrogens (tertiary/aromatic N) is 3. The average Bonchev–Trinajstić information content (AvgIpc) is 3.05. The fraction of sp³-hybridized carbons (Fsp3) is 0.333. The number of aryl methyl sites for hydroxylation is 1. The summed E-state index contributed by atoms with van der Waals surface area (Å²) in [6, 6.07) is 8.12. The van der Waals surface area contributed by atoms with Crippen molar-refractivity contribution in [3.05, 3.63) is 36.4 Å². The summed E-state index contributed by atoms with van der Waals surface area (Å²) in [5.41, 5.74) is 1.94. The zero-order valence-electron chi connectivity index (χ0n) is 11.8. The topological polar surface area (TPSA) is 55.9 Å². The Morgan fingerprint density at radius 2 is 2.15 bits per heavy atom. The molecule has 0 bridgehead atoms. The molecule has 20 heavy (non-hydrogen) atoms. The minimum atomic E-state index is 0.730. The zero-order valence-corrected chi connectivity index (χ0v) is 11.8. The van der Waals surface area contributed by atoms with E-state index in [-0.39, 0.29) is 0 Å². The van der Waals surface area contributed by atoms with Crippen LogP contribution in [-0.2, 0) is 13.5 Å². The Bertz CT molecular complexity index is 714. The number of aromatic nitrogens is 3. The van der Waals surface area contributed by atoms with Crippen LogP contribution in [0.3, 0.4) is 0 Å². The summed E-state index contributed by atoms with van der Waals surface area (Å²) >= 11 is 0. The van der Waals surface area contributed by atoms with E-state index in [0.717, 1.165) is 47.8 Å². The molecule has 0 amide bonds. The van der Waals surface area contributed by atoms with Crippen molar-refractivity contribution in [2.24, 2.45) is 7.05 Å². The smallest absolute Gasteiger partial charge is 0.196 e. The molecule has 0 aliphatic rings. The molecule has 0 spiro atoms. The predicted molar refractivity (Wildman–Crippen MR) is 78.5 cm³/mol. The van der Waals surface area contributed by atoms with E-state index in [1.54, 1.807) is 6.20 Å². The first-order chi connectivity index (χ1) is 9.79. The molecule has 104 valence electrons. The highest BCUT2D eigenvalue weighted by Crippen LogP contribution is 2.27. The van der Waals surface area contributed by atoms with Crippen molar-refractivity contribution in [1.82, 2.24) is 20.1 Å². The molecule has 0 aliphatic carbocycles. The number of para-hydroxylation sites is 1. The molecule has 0 radical (unpaired) electrons. The van der Waals surface area contributed by atoms with Crippen LogP contribution in [0.2, 0.25) is 0 Å². The lowest BCUT2D eigenvalue weighted by Gasteiger charge is -1.96. The highest BCUT2D eigenvalue weighted by Gasteiger charge is 2.14. The highest BCUT2D eigenvalue weighted by molar-refractivity contribution is 5.91. The van der Waals surface area contributed by atoms with Crippen LogP contribution in [-0.4, -0.2) is 27.9 Å². The fourth-order valence-corrected chi connectivity index (χ4v) is 2.30. The first-order valence-electron chi connectivity index (χ1n) is 6.87. The van der Waals surface area contributed by atoms with Gasteiger partial charge in [0.05, 0.1) is 11.7 Å². The molecule has 2 heterocycles. The van der Waals surface area contributed by atoms with Gasteiger partial charge in [-0.25, -0.2) is 4.98 Å². The van der Waals surface area contributed by atoms with Crippen LogP contribution in [0.25, 0.3) is 22.4 Å². The average molecular weight is 270 g/mol. The Hall–Kier alpha value is -2.14. The standard InChI is InChI=1S/C15H18N4O/c1-3-16-9-8-14-17-10-13(20-14)15-11-6-4-5-7-12(11)19(2)18-15/h4-7,10,16H,3,8-9H2,1-2H3. The molecule has 1 aromatic carbocycles. The molecule has 3 rings (SSSR count). The number of benzene rings is 1. The summed E-state index contributed by atoms with van der Waals surface area (Å²) in [6.07, 6.45) is 2.55. The fourth-order valence-electron chi connectivity index (χ4n) is 2.30. The Morgan fingerprint density at radius 3 is 3.00 bits per heavy atom. The molecule has 0 unspecified atom stereocenters. The van der Waals surface area contributed by atoms with Gasteiger partial charge in [0.15, 0.2) is 11.7 Å². The van der Waals surface area contributed by atoms with Gasteiger partial charge in [0.2, 0.25) is 0 Å². The molecule has 0 saturated carbocycles. The quantitative estimate of drug-likeness (QED) is 0.723. The number of fused-ring (bicyclic) bond motifs is 1. The lowest BCUT2D eigenvalue weighted by molar-refractivity contribution is 0.495. The van der Waals surface area contributed by atoms with E-state index in [0.29, 0.717) is 0 Å². The van der Waals surface area contributed by atoms with Crippen molar-refractivity contribution in [3.8, 4) is 11.5 Å². The van der Waals surface area contributed by atoms with Gasteiger partial charge in [-0.3, -0.25) is 4.68 Å². The maximum Gasteiger partial charge on any atom is 0.196 e. The van der Waals surface area contributed by atoms with Crippen LogP contribution in [0.1, 0.15) is 12.8 Å². The number of oxazole rings is 1. The van der Waals surface area contributed by atoms with E-state index in [2.05, 4.69) is 28.4 Å². The Balaban J connectivity index is 1.91. The molecule has 3 aromatic rings. The van der Waals surface area contributed by atoms with Crippen molar-refractivity contribution >= 4 is 10.9 Å². The van der Waals surface area contributed by atoms with Gasteiger partial charge in [0.25, 0.3) is 0 Å². The molecule has 2 aromatic heterocycles. The summed E-state index contributed by atoms with van der Waals surface area (Å²) in [5, 5.41) is 8.88. The molecule has 5 nitrogen and oxygen atoms in total. The number of hydrogen-bond donors (Lipinski definition) is 1. The second-order valence-corrected chi connectivity index (χ2v) is 4.71. The van der Waals surface area contributed by atoms with Gasteiger partial charge in [-0.05, 0) is 12.6 Å². The van der Waals surface area contributed by atoms with E-state index < -0.39 is 0 Å². The molecule has 0 saturated heterocycles. The lowest BCUT2D eigenvalue weighted by Crippen LogP contribution is -2.16. The van der Waals surface area contributed by atoms with Crippen LogP contribution in [0.15, 0.2) is 34.9 Å². The van der Waals surface area contributed by atoms with Crippen LogP contribution in [0.4, 0.5) is 0 Å². The van der Waals surface area contributed by atoms with Gasteiger partial charge in [-0.1, -0.05) is 25.1 Å². The van der Waals surface area contributed by atoms with E-state index in [1.807, 2.05) is 29.9 Å². The Labute approximate surface area is 117 Å². The summed E-state index contributed by atoms with van der Waals surface area (Å²) in [4.78, 5) is 4.32. The SMILES string of the molecule is CCNCCc1ncc(-c2nn(C)c3ccccc23)o1. The van der Waals surface area contributed by atoms with Crippen LogP contribution >= 0.6 is 0 Å². The Morgan fingerprint density at radius 1 is 1.30 bits per heavy atom. The van der Waals surface area contributed by atoms with Crippen LogP contribution in [0.5, 0.6) is 0 Å². The molecule has 1 N–H and O–H groups in total. The number of likely N-dealkylation sites (N-methyl/N-ethyl adjacent to an activating group) is 1. The van der Waals surface area contributed by atoms with Crippen LogP contribution < -0.4 is 5.32 Å². The number of nitrogens with one attached hydrogen (secondary N) is 1. The first-order valence-corrected chi connectivity index (χ1v) is 6.87. The monoisotopic (exact) mass is 270 g/mol. The second-order valence-electron chi connectivity index (χ2n) is 4.71. The first kappa shape index (κ1) is 12.9. The minimum absolute atomic E-state index is 0.730. The Kier molecular flexibility index (Phi) is 3.52. The van der Waals surface area contributed by atoms with Gasteiger partial charge < -0.3 is 9.73 Å².